The summed E-state index contributed by atoms with van der Waals surface area (Å²) in [5.41, 5.74) is 0.613. The van der Waals surface area contributed by atoms with Gasteiger partial charge in [-0.2, -0.15) is 0 Å². The normalized spacial score (nSPS) is 47.8. The fourth-order valence-corrected chi connectivity index (χ4v) is 9.43. The van der Waals surface area contributed by atoms with Gasteiger partial charge in [0.05, 0.1) is 6.10 Å². The summed E-state index contributed by atoms with van der Waals surface area (Å²) in [7, 11) is 0. The third kappa shape index (κ3) is 3.96. The molecule has 0 aromatic rings. The fraction of sp³-hybridized carbons (Fsp3) is 1.00. The number of hydrogen-bond acceptors (Lipinski definition) is 1. The predicted octanol–water partition coefficient (Wildman–Crippen LogP) is 7.57. The van der Waals surface area contributed by atoms with Crippen LogP contribution in [-0.2, 0) is 0 Å². The summed E-state index contributed by atoms with van der Waals surface area (Å²) >= 11 is 0. The maximum Gasteiger partial charge on any atom is 0.0543 e. The van der Waals surface area contributed by atoms with Crippen molar-refractivity contribution in [3.63, 3.8) is 0 Å². The molecule has 0 amide bonds. The van der Waals surface area contributed by atoms with Gasteiger partial charge in [-0.1, -0.05) is 41.5 Å². The number of hydrogen-bond donors (Lipinski definition) is 1. The van der Waals surface area contributed by atoms with Gasteiger partial charge in [-0.25, -0.2) is 0 Å². The second kappa shape index (κ2) is 8.48. The number of aliphatic hydroxyl groups excluding tert-OH is 1. The topological polar surface area (TPSA) is 20.2 Å². The van der Waals surface area contributed by atoms with Crippen LogP contribution in [0.1, 0.15) is 106 Å². The lowest BCUT2D eigenvalue weighted by atomic mass is 9.49. The van der Waals surface area contributed by atoms with Crippen LogP contribution in [0.25, 0.3) is 0 Å². The van der Waals surface area contributed by atoms with Crippen LogP contribution in [0.15, 0.2) is 0 Å². The highest BCUT2D eigenvalue weighted by molar-refractivity contribution is 5.06. The third-order valence-electron chi connectivity index (χ3n) is 11.4. The summed E-state index contributed by atoms with van der Waals surface area (Å²) in [4.78, 5) is 0. The Kier molecular flexibility index (Phi) is 6.48. The van der Waals surface area contributed by atoms with Crippen LogP contribution in [0, 0.1) is 64.6 Å². The van der Waals surface area contributed by atoms with Crippen LogP contribution < -0.4 is 0 Å². The standard InChI is InChI=1S/C28H50O/c1-17(2)20(5)18(3)15-19(4)26-11-12-27-25-9-7-21-16-22(29)8-10-23(21)24(25)13-14-28(26,27)6/h17-27,29H,7-16H2,1-6H3. The van der Waals surface area contributed by atoms with Gasteiger partial charge < -0.3 is 5.11 Å². The fourth-order valence-electron chi connectivity index (χ4n) is 9.43. The molecule has 0 aliphatic heterocycles. The van der Waals surface area contributed by atoms with Crippen LogP contribution in [0.2, 0.25) is 0 Å². The zero-order valence-corrected chi connectivity index (χ0v) is 20.4. The zero-order chi connectivity index (χ0) is 20.9. The first-order valence-corrected chi connectivity index (χ1v) is 13.4. The molecule has 4 saturated carbocycles. The summed E-state index contributed by atoms with van der Waals surface area (Å²) in [6.45, 7) is 15.1. The van der Waals surface area contributed by atoms with Gasteiger partial charge in [0.1, 0.15) is 0 Å². The van der Waals surface area contributed by atoms with Crippen LogP contribution in [0.3, 0.4) is 0 Å². The van der Waals surface area contributed by atoms with E-state index in [1.807, 2.05) is 0 Å². The Morgan fingerprint density at radius 2 is 1.55 bits per heavy atom. The Bertz CT molecular complexity index is 555. The Morgan fingerprint density at radius 3 is 2.28 bits per heavy atom. The average Bonchev–Trinajstić information content (AvgIpc) is 3.04. The van der Waals surface area contributed by atoms with Gasteiger partial charge in [0, 0.05) is 0 Å². The zero-order valence-electron chi connectivity index (χ0n) is 20.4. The second-order valence-corrected chi connectivity index (χ2v) is 12.9. The Morgan fingerprint density at radius 1 is 0.828 bits per heavy atom. The molecule has 29 heavy (non-hydrogen) atoms. The molecule has 168 valence electrons. The van der Waals surface area contributed by atoms with E-state index in [9.17, 15) is 5.11 Å². The van der Waals surface area contributed by atoms with Gasteiger partial charge in [-0.15, -0.1) is 0 Å². The molecule has 0 aromatic carbocycles. The lowest BCUT2D eigenvalue weighted by Gasteiger charge is -2.56. The van der Waals surface area contributed by atoms with Crippen molar-refractivity contribution in [3.05, 3.63) is 0 Å². The number of fused-ring (bicyclic) bond motifs is 5. The van der Waals surface area contributed by atoms with Gasteiger partial charge in [0.2, 0.25) is 0 Å². The van der Waals surface area contributed by atoms with Gasteiger partial charge in [0.25, 0.3) is 0 Å². The highest BCUT2D eigenvalue weighted by atomic mass is 16.3. The second-order valence-electron chi connectivity index (χ2n) is 12.9. The van der Waals surface area contributed by atoms with Crippen molar-refractivity contribution >= 4 is 0 Å². The molecule has 4 fully saturated rings. The van der Waals surface area contributed by atoms with Crippen molar-refractivity contribution in [2.24, 2.45) is 64.6 Å². The number of rotatable bonds is 5. The van der Waals surface area contributed by atoms with E-state index in [4.69, 9.17) is 0 Å². The van der Waals surface area contributed by atoms with E-state index in [1.165, 1.54) is 51.4 Å². The molecule has 11 unspecified atom stereocenters. The van der Waals surface area contributed by atoms with E-state index in [1.54, 1.807) is 0 Å². The Balaban J connectivity index is 1.44. The Labute approximate surface area is 181 Å². The maximum atomic E-state index is 10.2. The molecule has 4 rings (SSSR count). The monoisotopic (exact) mass is 402 g/mol. The smallest absolute Gasteiger partial charge is 0.0543 e. The van der Waals surface area contributed by atoms with E-state index in [0.29, 0.717) is 5.41 Å². The summed E-state index contributed by atoms with van der Waals surface area (Å²) in [6, 6.07) is 0. The molecule has 0 radical (unpaired) electrons. The number of aliphatic hydroxyl groups is 1. The van der Waals surface area contributed by atoms with Crippen LogP contribution in [0.4, 0.5) is 0 Å². The molecule has 1 heteroatoms. The van der Waals surface area contributed by atoms with Crippen molar-refractivity contribution in [1.82, 2.24) is 0 Å². The maximum absolute atomic E-state index is 10.2. The molecular formula is C28H50O. The third-order valence-corrected chi connectivity index (χ3v) is 11.4. The minimum atomic E-state index is 0.00795. The van der Waals surface area contributed by atoms with Gasteiger partial charge >= 0.3 is 0 Å². The van der Waals surface area contributed by atoms with E-state index >= 15 is 0 Å². The summed E-state index contributed by atoms with van der Waals surface area (Å²) < 4.78 is 0. The lowest BCUT2D eigenvalue weighted by Crippen LogP contribution is -2.49. The molecule has 0 saturated heterocycles. The molecule has 11 atom stereocenters. The van der Waals surface area contributed by atoms with Gasteiger partial charge in [0.15, 0.2) is 0 Å². The predicted molar refractivity (Wildman–Crippen MR) is 124 cm³/mol. The highest BCUT2D eigenvalue weighted by Crippen LogP contribution is 2.65. The Hall–Kier alpha value is -0.0400. The molecule has 4 aliphatic rings. The van der Waals surface area contributed by atoms with Crippen molar-refractivity contribution in [1.29, 1.82) is 0 Å². The van der Waals surface area contributed by atoms with E-state index < -0.39 is 0 Å². The SMILES string of the molecule is CC(C)C(C)C(C)CC(C)C1CCC2C3CCC4CC(O)CCC4C3CCC12C. The quantitative estimate of drug-likeness (QED) is 0.502. The highest BCUT2D eigenvalue weighted by Gasteiger charge is 2.57. The summed E-state index contributed by atoms with van der Waals surface area (Å²) in [5, 5.41) is 10.2. The van der Waals surface area contributed by atoms with E-state index in [-0.39, 0.29) is 6.10 Å². The summed E-state index contributed by atoms with van der Waals surface area (Å²) in [6.07, 6.45) is 13.8. The first-order valence-electron chi connectivity index (χ1n) is 13.4. The summed E-state index contributed by atoms with van der Waals surface area (Å²) in [5.74, 6) is 9.15. The average molecular weight is 403 g/mol. The molecule has 0 spiro atoms. The van der Waals surface area contributed by atoms with E-state index in [2.05, 4.69) is 41.5 Å². The van der Waals surface area contributed by atoms with Crippen LogP contribution >= 0.6 is 0 Å². The minimum Gasteiger partial charge on any atom is -0.393 e. The van der Waals surface area contributed by atoms with Crippen molar-refractivity contribution in [2.75, 3.05) is 0 Å². The van der Waals surface area contributed by atoms with E-state index in [0.717, 1.165) is 72.0 Å². The molecule has 0 heterocycles. The van der Waals surface area contributed by atoms with Crippen molar-refractivity contribution in [2.45, 2.75) is 112 Å². The minimum absolute atomic E-state index is 0.00795. The molecule has 0 aromatic heterocycles. The van der Waals surface area contributed by atoms with Gasteiger partial charge in [-0.05, 0) is 129 Å². The first kappa shape index (κ1) is 22.2. The van der Waals surface area contributed by atoms with Crippen molar-refractivity contribution in [3.8, 4) is 0 Å². The molecule has 1 nitrogen and oxygen atoms in total. The first-order chi connectivity index (χ1) is 13.7. The van der Waals surface area contributed by atoms with Gasteiger partial charge in [-0.3, -0.25) is 0 Å². The molecular weight excluding hydrogens is 352 g/mol. The molecule has 0 bridgehead atoms. The van der Waals surface area contributed by atoms with Crippen LogP contribution in [-0.4, -0.2) is 11.2 Å². The largest absolute Gasteiger partial charge is 0.393 e. The van der Waals surface area contributed by atoms with Crippen molar-refractivity contribution < 1.29 is 5.11 Å². The molecule has 4 aliphatic carbocycles. The lowest BCUT2D eigenvalue weighted by molar-refractivity contribution is -0.0828. The molecule has 1 N–H and O–H groups in total. The van der Waals surface area contributed by atoms with Crippen LogP contribution in [0.5, 0.6) is 0 Å².